The fraction of sp³-hybridized carbons (Fsp3) is 0.188. The van der Waals surface area contributed by atoms with E-state index in [0.29, 0.717) is 10.6 Å². The lowest BCUT2D eigenvalue weighted by Gasteiger charge is -2.11. The number of aryl methyl sites for hydroxylation is 1. The lowest BCUT2D eigenvalue weighted by molar-refractivity contribution is 0.102. The summed E-state index contributed by atoms with van der Waals surface area (Å²) in [6.07, 6.45) is 1.99. The number of amides is 1. The highest BCUT2D eigenvalue weighted by Crippen LogP contribution is 2.25. The van der Waals surface area contributed by atoms with Crippen molar-refractivity contribution >= 4 is 35.0 Å². The van der Waals surface area contributed by atoms with Crippen LogP contribution in [0.25, 0.3) is 0 Å². The lowest BCUT2D eigenvalue weighted by atomic mass is 10.1. The Morgan fingerprint density at radius 3 is 2.65 bits per heavy atom. The van der Waals surface area contributed by atoms with Crippen LogP contribution in [0, 0.1) is 13.8 Å². The van der Waals surface area contributed by atoms with Gasteiger partial charge in [-0.3, -0.25) is 4.79 Å². The number of rotatable bonds is 3. The maximum atomic E-state index is 12.4. The molecule has 0 atom stereocenters. The first kappa shape index (κ1) is 14.9. The molecule has 0 unspecified atom stereocenters. The van der Waals surface area contributed by atoms with Crippen LogP contribution in [0.5, 0.6) is 0 Å². The molecule has 0 heterocycles. The van der Waals surface area contributed by atoms with Gasteiger partial charge >= 0.3 is 0 Å². The number of carbonyl (C=O) groups excluding carboxylic acids is 1. The molecule has 2 aromatic carbocycles. The molecular weight excluding hydrogens is 290 g/mol. The number of benzene rings is 2. The van der Waals surface area contributed by atoms with E-state index in [0.717, 1.165) is 21.7 Å². The number of anilines is 1. The third-order valence-corrected chi connectivity index (χ3v) is 4.34. The highest BCUT2D eigenvalue weighted by Gasteiger charge is 2.12. The van der Waals surface area contributed by atoms with Crippen molar-refractivity contribution in [2.45, 2.75) is 18.7 Å². The van der Waals surface area contributed by atoms with E-state index in [1.165, 1.54) is 0 Å². The van der Waals surface area contributed by atoms with Crippen LogP contribution in [0.3, 0.4) is 0 Å². The van der Waals surface area contributed by atoms with Crippen molar-refractivity contribution in [1.29, 1.82) is 0 Å². The Morgan fingerprint density at radius 1 is 1.20 bits per heavy atom. The predicted octanol–water partition coefficient (Wildman–Crippen LogP) is 4.93. The average molecular weight is 306 g/mol. The number of halogens is 1. The van der Waals surface area contributed by atoms with Crippen molar-refractivity contribution in [2.24, 2.45) is 0 Å². The topological polar surface area (TPSA) is 29.1 Å². The van der Waals surface area contributed by atoms with E-state index in [-0.39, 0.29) is 5.91 Å². The molecule has 0 radical (unpaired) electrons. The minimum Gasteiger partial charge on any atom is -0.322 e. The molecule has 0 saturated carbocycles. The molecule has 2 aromatic rings. The summed E-state index contributed by atoms with van der Waals surface area (Å²) in [7, 11) is 0. The molecule has 0 spiro atoms. The molecule has 0 aromatic heterocycles. The van der Waals surface area contributed by atoms with E-state index in [2.05, 4.69) is 5.32 Å². The number of nitrogens with one attached hydrogen (secondary N) is 1. The maximum Gasteiger partial charge on any atom is 0.255 e. The van der Waals surface area contributed by atoms with Crippen molar-refractivity contribution < 1.29 is 4.79 Å². The Kier molecular flexibility index (Phi) is 4.73. The van der Waals surface area contributed by atoms with E-state index in [9.17, 15) is 4.79 Å². The van der Waals surface area contributed by atoms with Gasteiger partial charge in [0.15, 0.2) is 0 Å². The van der Waals surface area contributed by atoms with Gasteiger partial charge in [-0.05, 0) is 55.5 Å². The van der Waals surface area contributed by atoms with Crippen LogP contribution in [-0.4, -0.2) is 12.2 Å². The maximum absolute atomic E-state index is 12.4. The lowest BCUT2D eigenvalue weighted by Crippen LogP contribution is -2.14. The molecule has 0 aliphatic rings. The molecule has 2 nitrogen and oxygen atoms in total. The summed E-state index contributed by atoms with van der Waals surface area (Å²) in [5.41, 5.74) is 3.27. The van der Waals surface area contributed by atoms with Gasteiger partial charge in [-0.1, -0.05) is 23.7 Å². The second-order valence-corrected chi connectivity index (χ2v) is 5.83. The summed E-state index contributed by atoms with van der Waals surface area (Å²) in [6.45, 7) is 3.83. The van der Waals surface area contributed by atoms with Crippen LogP contribution in [0.15, 0.2) is 41.3 Å². The molecular formula is C16H16ClNOS. The van der Waals surface area contributed by atoms with E-state index in [1.54, 1.807) is 11.8 Å². The predicted molar refractivity (Wildman–Crippen MR) is 87.1 cm³/mol. The SMILES string of the molecule is CSc1ccc(C)c(C(=O)Nc2cccc(Cl)c2C)c1. The molecule has 4 heteroatoms. The number of carbonyl (C=O) groups is 1. The van der Waals surface area contributed by atoms with E-state index < -0.39 is 0 Å². The molecule has 2 rings (SSSR count). The number of hydrogen-bond donors (Lipinski definition) is 1. The Bertz CT molecular complexity index is 655. The van der Waals surface area contributed by atoms with Gasteiger partial charge in [-0.15, -0.1) is 11.8 Å². The summed E-state index contributed by atoms with van der Waals surface area (Å²) in [5.74, 6) is -0.108. The average Bonchev–Trinajstić information content (AvgIpc) is 2.44. The monoisotopic (exact) mass is 305 g/mol. The Labute approximate surface area is 128 Å². The molecule has 0 saturated heterocycles. The molecule has 1 amide bonds. The van der Waals surface area contributed by atoms with Crippen LogP contribution in [-0.2, 0) is 0 Å². The van der Waals surface area contributed by atoms with E-state index in [4.69, 9.17) is 11.6 Å². The Balaban J connectivity index is 2.30. The van der Waals surface area contributed by atoms with Gasteiger partial charge in [0, 0.05) is 21.2 Å². The highest BCUT2D eigenvalue weighted by atomic mass is 35.5. The van der Waals surface area contributed by atoms with Crippen LogP contribution in [0.4, 0.5) is 5.69 Å². The van der Waals surface area contributed by atoms with Crippen molar-refractivity contribution in [3.63, 3.8) is 0 Å². The Morgan fingerprint density at radius 2 is 1.95 bits per heavy atom. The summed E-state index contributed by atoms with van der Waals surface area (Å²) >= 11 is 7.69. The molecule has 104 valence electrons. The van der Waals surface area contributed by atoms with Gasteiger partial charge < -0.3 is 5.32 Å². The van der Waals surface area contributed by atoms with Crippen LogP contribution >= 0.6 is 23.4 Å². The summed E-state index contributed by atoms with van der Waals surface area (Å²) in [6, 6.07) is 11.4. The van der Waals surface area contributed by atoms with Gasteiger partial charge in [0.1, 0.15) is 0 Å². The van der Waals surface area contributed by atoms with Gasteiger partial charge in [0.05, 0.1) is 0 Å². The molecule has 0 fully saturated rings. The van der Waals surface area contributed by atoms with Crippen molar-refractivity contribution in [1.82, 2.24) is 0 Å². The molecule has 1 N–H and O–H groups in total. The zero-order chi connectivity index (χ0) is 14.7. The van der Waals surface area contributed by atoms with Crippen LogP contribution in [0.1, 0.15) is 21.5 Å². The molecule has 0 aliphatic heterocycles. The first-order valence-corrected chi connectivity index (χ1v) is 7.84. The van der Waals surface area contributed by atoms with Gasteiger partial charge in [0.25, 0.3) is 5.91 Å². The minimum absolute atomic E-state index is 0.108. The summed E-state index contributed by atoms with van der Waals surface area (Å²) in [5, 5.41) is 3.58. The normalized spacial score (nSPS) is 10.4. The fourth-order valence-corrected chi connectivity index (χ4v) is 2.52. The number of hydrogen-bond acceptors (Lipinski definition) is 2. The molecule has 20 heavy (non-hydrogen) atoms. The van der Waals surface area contributed by atoms with Crippen molar-refractivity contribution in [3.8, 4) is 0 Å². The van der Waals surface area contributed by atoms with E-state index in [1.807, 2.05) is 56.5 Å². The molecule has 0 bridgehead atoms. The summed E-state index contributed by atoms with van der Waals surface area (Å²) in [4.78, 5) is 13.5. The van der Waals surface area contributed by atoms with Crippen molar-refractivity contribution in [3.05, 3.63) is 58.1 Å². The third kappa shape index (κ3) is 3.17. The summed E-state index contributed by atoms with van der Waals surface area (Å²) < 4.78 is 0. The smallest absolute Gasteiger partial charge is 0.255 e. The Hall–Kier alpha value is -1.45. The first-order chi connectivity index (χ1) is 9.52. The zero-order valence-corrected chi connectivity index (χ0v) is 13.2. The van der Waals surface area contributed by atoms with E-state index >= 15 is 0 Å². The zero-order valence-electron chi connectivity index (χ0n) is 11.7. The third-order valence-electron chi connectivity index (χ3n) is 3.21. The molecule has 0 aliphatic carbocycles. The highest BCUT2D eigenvalue weighted by molar-refractivity contribution is 7.98. The first-order valence-electron chi connectivity index (χ1n) is 6.24. The fourth-order valence-electron chi connectivity index (χ4n) is 1.91. The van der Waals surface area contributed by atoms with Crippen LogP contribution < -0.4 is 5.32 Å². The van der Waals surface area contributed by atoms with Crippen molar-refractivity contribution in [2.75, 3.05) is 11.6 Å². The number of thioether (sulfide) groups is 1. The standard InChI is InChI=1S/C16H16ClNOS/c1-10-7-8-12(20-3)9-13(10)16(19)18-15-6-4-5-14(17)11(15)2/h4-9H,1-3H3,(H,18,19). The largest absolute Gasteiger partial charge is 0.322 e. The van der Waals surface area contributed by atoms with Gasteiger partial charge in [-0.2, -0.15) is 0 Å². The second kappa shape index (κ2) is 6.33. The minimum atomic E-state index is -0.108. The van der Waals surface area contributed by atoms with Crippen LogP contribution in [0.2, 0.25) is 5.02 Å². The quantitative estimate of drug-likeness (QED) is 0.815. The van der Waals surface area contributed by atoms with Gasteiger partial charge in [0.2, 0.25) is 0 Å². The second-order valence-electron chi connectivity index (χ2n) is 4.55. The van der Waals surface area contributed by atoms with Gasteiger partial charge in [-0.25, -0.2) is 0 Å².